The van der Waals surface area contributed by atoms with Crippen molar-refractivity contribution in [2.45, 2.75) is 32.2 Å². The zero-order valence-electron chi connectivity index (χ0n) is 16.4. The van der Waals surface area contributed by atoms with E-state index in [1.807, 2.05) is 36.4 Å². The standard InChI is InChI=1S/C23H21N5O2/c29-22-18-10-4-3-7-15(18)14-19(25-22)23(30)24-17-9-6-8-16(13-17)21-27-26-20-11-2-1-5-12-28(20)21/h3-4,6-10,13-14H,1-2,5,11-12H2,(H,24,30)(H,25,29). The van der Waals surface area contributed by atoms with Crippen LogP contribution in [0.25, 0.3) is 22.2 Å². The van der Waals surface area contributed by atoms with E-state index >= 15 is 0 Å². The number of pyridine rings is 1. The molecule has 2 aromatic heterocycles. The molecule has 1 aliphatic rings. The van der Waals surface area contributed by atoms with Crippen molar-refractivity contribution in [3.8, 4) is 11.4 Å². The summed E-state index contributed by atoms with van der Waals surface area (Å²) in [7, 11) is 0. The van der Waals surface area contributed by atoms with Crippen molar-refractivity contribution >= 4 is 22.4 Å². The summed E-state index contributed by atoms with van der Waals surface area (Å²) in [5.41, 5.74) is 1.48. The molecule has 150 valence electrons. The first-order valence-electron chi connectivity index (χ1n) is 10.1. The maximum atomic E-state index is 12.8. The quantitative estimate of drug-likeness (QED) is 0.549. The molecule has 7 heteroatoms. The Morgan fingerprint density at radius 3 is 2.83 bits per heavy atom. The summed E-state index contributed by atoms with van der Waals surface area (Å²) >= 11 is 0. The lowest BCUT2D eigenvalue weighted by Crippen LogP contribution is -2.18. The van der Waals surface area contributed by atoms with Crippen molar-refractivity contribution in [1.29, 1.82) is 0 Å². The number of aromatic nitrogens is 4. The highest BCUT2D eigenvalue weighted by Crippen LogP contribution is 2.25. The van der Waals surface area contributed by atoms with Crippen molar-refractivity contribution in [2.24, 2.45) is 0 Å². The number of rotatable bonds is 3. The molecule has 5 rings (SSSR count). The molecule has 0 atom stereocenters. The van der Waals surface area contributed by atoms with Gasteiger partial charge in [0.2, 0.25) is 0 Å². The number of nitrogens with zero attached hydrogens (tertiary/aromatic N) is 3. The summed E-state index contributed by atoms with van der Waals surface area (Å²) in [4.78, 5) is 27.7. The summed E-state index contributed by atoms with van der Waals surface area (Å²) in [5, 5.41) is 12.9. The highest BCUT2D eigenvalue weighted by molar-refractivity contribution is 6.05. The van der Waals surface area contributed by atoms with E-state index in [1.165, 1.54) is 6.42 Å². The van der Waals surface area contributed by atoms with Crippen LogP contribution in [0, 0.1) is 0 Å². The molecule has 1 aliphatic heterocycles. The van der Waals surface area contributed by atoms with Crippen LogP contribution in [0.2, 0.25) is 0 Å². The Hall–Kier alpha value is -3.74. The van der Waals surface area contributed by atoms with E-state index in [9.17, 15) is 9.59 Å². The average Bonchev–Trinajstić information content (AvgIpc) is 3.02. The normalized spacial score (nSPS) is 13.6. The predicted octanol–water partition coefficient (Wildman–Crippen LogP) is 3.77. The molecule has 0 radical (unpaired) electrons. The summed E-state index contributed by atoms with van der Waals surface area (Å²) in [6.45, 7) is 0.909. The summed E-state index contributed by atoms with van der Waals surface area (Å²) in [5.74, 6) is 1.47. The minimum absolute atomic E-state index is 0.223. The van der Waals surface area contributed by atoms with Crippen molar-refractivity contribution in [2.75, 3.05) is 5.32 Å². The van der Waals surface area contributed by atoms with Crippen LogP contribution in [0.4, 0.5) is 5.69 Å². The topological polar surface area (TPSA) is 92.7 Å². The predicted molar refractivity (Wildman–Crippen MR) is 116 cm³/mol. The molecule has 3 heterocycles. The number of benzene rings is 2. The van der Waals surface area contributed by atoms with E-state index in [2.05, 4.69) is 25.1 Å². The fraction of sp³-hybridized carbons (Fsp3) is 0.217. The summed E-state index contributed by atoms with van der Waals surface area (Å²) in [6, 6.07) is 16.4. The fourth-order valence-corrected chi connectivity index (χ4v) is 3.97. The number of aromatic amines is 1. The molecular weight excluding hydrogens is 378 g/mol. The minimum Gasteiger partial charge on any atom is -0.321 e. The number of carbonyl (C=O) groups excluding carboxylic acids is 1. The van der Waals surface area contributed by atoms with E-state index in [1.54, 1.807) is 18.2 Å². The second-order valence-corrected chi connectivity index (χ2v) is 7.54. The minimum atomic E-state index is -0.366. The van der Waals surface area contributed by atoms with E-state index in [4.69, 9.17) is 0 Å². The SMILES string of the molecule is O=C(Nc1cccc(-c2nnc3n2CCCCC3)c1)c1cc2ccccc2c(=O)[nH]1. The van der Waals surface area contributed by atoms with Gasteiger partial charge in [0.25, 0.3) is 11.5 Å². The maximum Gasteiger partial charge on any atom is 0.272 e. The van der Waals surface area contributed by atoms with Crippen molar-refractivity contribution in [3.05, 3.63) is 76.5 Å². The Bertz CT molecular complexity index is 1300. The van der Waals surface area contributed by atoms with E-state index in [-0.39, 0.29) is 17.2 Å². The molecule has 0 bridgehead atoms. The molecule has 0 unspecified atom stereocenters. The van der Waals surface area contributed by atoms with Gasteiger partial charge in [0.1, 0.15) is 11.5 Å². The highest BCUT2D eigenvalue weighted by atomic mass is 16.2. The fourth-order valence-electron chi connectivity index (χ4n) is 3.97. The van der Waals surface area contributed by atoms with Crippen LogP contribution in [0.5, 0.6) is 0 Å². The van der Waals surface area contributed by atoms with Gasteiger partial charge in [-0.15, -0.1) is 10.2 Å². The molecule has 0 spiro atoms. The van der Waals surface area contributed by atoms with Crippen LogP contribution < -0.4 is 10.9 Å². The van der Waals surface area contributed by atoms with Gasteiger partial charge < -0.3 is 14.9 Å². The van der Waals surface area contributed by atoms with Crippen LogP contribution in [-0.2, 0) is 13.0 Å². The van der Waals surface area contributed by atoms with E-state index < -0.39 is 0 Å². The van der Waals surface area contributed by atoms with Gasteiger partial charge in [0.05, 0.1) is 0 Å². The van der Waals surface area contributed by atoms with Gasteiger partial charge in [0.15, 0.2) is 5.82 Å². The average molecular weight is 399 g/mol. The van der Waals surface area contributed by atoms with Crippen LogP contribution >= 0.6 is 0 Å². The number of hydrogen-bond donors (Lipinski definition) is 2. The first-order chi connectivity index (χ1) is 14.7. The summed E-state index contributed by atoms with van der Waals surface area (Å²) < 4.78 is 2.18. The van der Waals surface area contributed by atoms with Gasteiger partial charge in [-0.2, -0.15) is 0 Å². The van der Waals surface area contributed by atoms with Gasteiger partial charge in [0, 0.05) is 29.6 Å². The number of aryl methyl sites for hydroxylation is 1. The lowest BCUT2D eigenvalue weighted by Gasteiger charge is -2.10. The van der Waals surface area contributed by atoms with E-state index in [0.29, 0.717) is 11.1 Å². The molecule has 0 saturated heterocycles. The Labute approximate surface area is 172 Å². The number of H-pyrrole nitrogens is 1. The van der Waals surface area contributed by atoms with Crippen molar-refractivity contribution in [3.63, 3.8) is 0 Å². The number of hydrogen-bond acceptors (Lipinski definition) is 4. The van der Waals surface area contributed by atoms with Crippen molar-refractivity contribution in [1.82, 2.24) is 19.7 Å². The molecule has 2 N–H and O–H groups in total. The number of carbonyl (C=O) groups is 1. The third-order valence-electron chi connectivity index (χ3n) is 5.49. The molecule has 2 aromatic carbocycles. The molecule has 4 aromatic rings. The molecule has 0 fully saturated rings. The molecule has 7 nitrogen and oxygen atoms in total. The van der Waals surface area contributed by atoms with Crippen molar-refractivity contribution < 1.29 is 4.79 Å². The number of fused-ring (bicyclic) bond motifs is 2. The second-order valence-electron chi connectivity index (χ2n) is 7.54. The largest absolute Gasteiger partial charge is 0.321 e. The lowest BCUT2D eigenvalue weighted by atomic mass is 10.1. The lowest BCUT2D eigenvalue weighted by molar-refractivity contribution is 0.102. The number of nitrogens with one attached hydrogen (secondary N) is 2. The Kier molecular flexibility index (Phi) is 4.63. The molecular formula is C23H21N5O2. The third-order valence-corrected chi connectivity index (χ3v) is 5.49. The highest BCUT2D eigenvalue weighted by Gasteiger charge is 2.17. The van der Waals surface area contributed by atoms with E-state index in [0.717, 1.165) is 48.4 Å². The first kappa shape index (κ1) is 18.3. The van der Waals surface area contributed by atoms with Crippen LogP contribution in [0.3, 0.4) is 0 Å². The third kappa shape index (κ3) is 3.39. The zero-order valence-corrected chi connectivity index (χ0v) is 16.4. The molecule has 0 aliphatic carbocycles. The maximum absolute atomic E-state index is 12.8. The Balaban J connectivity index is 1.44. The van der Waals surface area contributed by atoms with Gasteiger partial charge in [-0.3, -0.25) is 9.59 Å². The Morgan fingerprint density at radius 1 is 1.00 bits per heavy atom. The van der Waals surface area contributed by atoms with Gasteiger partial charge >= 0.3 is 0 Å². The van der Waals surface area contributed by atoms with Gasteiger partial charge in [-0.05, 0) is 42.5 Å². The van der Waals surface area contributed by atoms with Crippen LogP contribution in [-0.4, -0.2) is 25.7 Å². The molecule has 0 saturated carbocycles. The second kappa shape index (κ2) is 7.59. The van der Waals surface area contributed by atoms with Crippen LogP contribution in [0.1, 0.15) is 35.6 Å². The Morgan fingerprint density at radius 2 is 1.90 bits per heavy atom. The first-order valence-corrected chi connectivity index (χ1v) is 10.1. The number of anilines is 1. The van der Waals surface area contributed by atoms with Gasteiger partial charge in [-0.1, -0.05) is 36.8 Å². The molecule has 30 heavy (non-hydrogen) atoms. The molecule has 1 amide bonds. The number of amides is 1. The zero-order chi connectivity index (χ0) is 20.5. The monoisotopic (exact) mass is 399 g/mol. The van der Waals surface area contributed by atoms with Gasteiger partial charge in [-0.25, -0.2) is 0 Å². The van der Waals surface area contributed by atoms with Crippen LogP contribution in [0.15, 0.2) is 59.4 Å². The summed E-state index contributed by atoms with van der Waals surface area (Å²) in [6.07, 6.45) is 4.39. The smallest absolute Gasteiger partial charge is 0.272 e.